The fraction of sp³-hybridized carbons (Fsp3) is 0.833. The van der Waals surface area contributed by atoms with Crippen molar-refractivity contribution in [1.82, 2.24) is 0 Å². The van der Waals surface area contributed by atoms with Crippen LogP contribution in [-0.4, -0.2) is 52.9 Å². The van der Waals surface area contributed by atoms with E-state index in [-0.39, 0.29) is 43.5 Å². The SMILES string of the molecule is CCOC(=O)CCC(C[S+]([O-])CCO)C(=O)OCC. The number of hydrogen-bond acceptors (Lipinski definition) is 6. The second-order valence-electron chi connectivity index (χ2n) is 3.83. The van der Waals surface area contributed by atoms with Crippen molar-refractivity contribution >= 4 is 23.1 Å². The summed E-state index contributed by atoms with van der Waals surface area (Å²) in [4.78, 5) is 22.9. The van der Waals surface area contributed by atoms with Gasteiger partial charge in [0.2, 0.25) is 0 Å². The molecule has 6 nitrogen and oxygen atoms in total. The van der Waals surface area contributed by atoms with Crippen LogP contribution >= 0.6 is 0 Å². The van der Waals surface area contributed by atoms with Gasteiger partial charge in [-0.3, -0.25) is 9.59 Å². The summed E-state index contributed by atoms with van der Waals surface area (Å²) in [5.74, 6) is -1.23. The number of carbonyl (C=O) groups excluding carboxylic acids is 2. The summed E-state index contributed by atoms with van der Waals surface area (Å²) in [7, 11) is 0. The number of hydrogen-bond donors (Lipinski definition) is 1. The highest BCUT2D eigenvalue weighted by Gasteiger charge is 2.26. The third-order valence-corrected chi connectivity index (χ3v) is 3.74. The van der Waals surface area contributed by atoms with Crippen LogP contribution in [0.3, 0.4) is 0 Å². The number of carbonyl (C=O) groups is 2. The molecule has 0 saturated heterocycles. The third-order valence-electron chi connectivity index (χ3n) is 2.33. The molecule has 1 N–H and O–H groups in total. The zero-order valence-corrected chi connectivity index (χ0v) is 12.2. The van der Waals surface area contributed by atoms with Gasteiger partial charge in [-0.15, -0.1) is 0 Å². The average molecular weight is 294 g/mol. The van der Waals surface area contributed by atoms with Crippen molar-refractivity contribution in [3.05, 3.63) is 0 Å². The van der Waals surface area contributed by atoms with Crippen molar-refractivity contribution in [3.63, 3.8) is 0 Å². The minimum Gasteiger partial charge on any atom is -0.616 e. The maximum atomic E-state index is 11.7. The van der Waals surface area contributed by atoms with Crippen LogP contribution in [0.2, 0.25) is 0 Å². The number of aliphatic hydroxyl groups excluding tert-OH is 1. The molecule has 7 heteroatoms. The lowest BCUT2D eigenvalue weighted by Gasteiger charge is -2.17. The molecule has 0 aromatic rings. The molecule has 19 heavy (non-hydrogen) atoms. The van der Waals surface area contributed by atoms with Crippen molar-refractivity contribution in [1.29, 1.82) is 0 Å². The Morgan fingerprint density at radius 1 is 1.26 bits per heavy atom. The summed E-state index contributed by atoms with van der Waals surface area (Å²) >= 11 is -1.30. The average Bonchev–Trinajstić information content (AvgIpc) is 2.35. The second-order valence-corrected chi connectivity index (χ2v) is 5.45. The lowest BCUT2D eigenvalue weighted by atomic mass is 10.1. The van der Waals surface area contributed by atoms with E-state index in [9.17, 15) is 14.1 Å². The predicted molar refractivity (Wildman–Crippen MR) is 71.0 cm³/mol. The van der Waals surface area contributed by atoms with Crippen molar-refractivity contribution in [2.24, 2.45) is 5.92 Å². The van der Waals surface area contributed by atoms with E-state index in [0.29, 0.717) is 6.61 Å². The fourth-order valence-corrected chi connectivity index (χ4v) is 2.59. The van der Waals surface area contributed by atoms with Crippen LogP contribution in [0.4, 0.5) is 0 Å². The van der Waals surface area contributed by atoms with E-state index in [1.165, 1.54) is 0 Å². The van der Waals surface area contributed by atoms with Gasteiger partial charge >= 0.3 is 11.9 Å². The first-order chi connectivity index (χ1) is 9.04. The first kappa shape index (κ1) is 18.2. The van der Waals surface area contributed by atoms with Crippen molar-refractivity contribution in [2.75, 3.05) is 31.3 Å². The predicted octanol–water partition coefficient (Wildman–Crippen LogP) is 0.250. The molecule has 0 amide bonds. The van der Waals surface area contributed by atoms with Crippen LogP contribution in [0.5, 0.6) is 0 Å². The summed E-state index contributed by atoms with van der Waals surface area (Å²) in [6.07, 6.45) is 0.336. The van der Waals surface area contributed by atoms with Crippen LogP contribution in [0.1, 0.15) is 26.7 Å². The summed E-state index contributed by atoms with van der Waals surface area (Å²) < 4.78 is 21.2. The summed E-state index contributed by atoms with van der Waals surface area (Å²) in [5.41, 5.74) is 0. The van der Waals surface area contributed by atoms with Crippen molar-refractivity contribution in [2.45, 2.75) is 26.7 Å². The Balaban J connectivity index is 4.32. The van der Waals surface area contributed by atoms with Gasteiger partial charge in [0.1, 0.15) is 17.4 Å². The van der Waals surface area contributed by atoms with Crippen molar-refractivity contribution < 1.29 is 28.7 Å². The smallest absolute Gasteiger partial charge is 0.313 e. The maximum Gasteiger partial charge on any atom is 0.313 e. The summed E-state index contributed by atoms with van der Waals surface area (Å²) in [6, 6.07) is 0. The molecule has 0 heterocycles. The molecule has 112 valence electrons. The maximum absolute atomic E-state index is 11.7. The Morgan fingerprint density at radius 3 is 2.42 bits per heavy atom. The molecule has 0 aliphatic carbocycles. The van der Waals surface area contributed by atoms with Gasteiger partial charge in [-0.05, 0) is 20.3 Å². The Labute approximate surface area is 116 Å². The molecule has 2 atom stereocenters. The summed E-state index contributed by atoms with van der Waals surface area (Å²) in [6.45, 7) is 3.72. The molecule has 0 aliphatic heterocycles. The minimum atomic E-state index is -1.30. The molecule has 0 aromatic carbocycles. The first-order valence-electron chi connectivity index (χ1n) is 6.33. The van der Waals surface area contributed by atoms with Crippen LogP contribution < -0.4 is 0 Å². The van der Waals surface area contributed by atoms with Gasteiger partial charge in [-0.2, -0.15) is 0 Å². The first-order valence-corrected chi connectivity index (χ1v) is 7.82. The number of rotatable bonds is 10. The van der Waals surface area contributed by atoms with Gasteiger partial charge in [0, 0.05) is 6.42 Å². The molecule has 0 aromatic heterocycles. The zero-order chi connectivity index (χ0) is 14.7. The molecule has 0 fully saturated rings. The highest BCUT2D eigenvalue weighted by Crippen LogP contribution is 2.13. The molecule has 2 unspecified atom stereocenters. The highest BCUT2D eigenvalue weighted by atomic mass is 32.2. The molecule has 0 aliphatic rings. The normalized spacial score (nSPS) is 13.7. The Bertz CT molecular complexity index is 271. The van der Waals surface area contributed by atoms with E-state index in [4.69, 9.17) is 14.6 Å². The third kappa shape index (κ3) is 8.85. The van der Waals surface area contributed by atoms with E-state index >= 15 is 0 Å². The van der Waals surface area contributed by atoms with Crippen LogP contribution in [0, 0.1) is 5.92 Å². The highest BCUT2D eigenvalue weighted by molar-refractivity contribution is 7.91. The molecule has 0 spiro atoms. The van der Waals surface area contributed by atoms with E-state index in [1.807, 2.05) is 0 Å². The van der Waals surface area contributed by atoms with Gasteiger partial charge in [-0.25, -0.2) is 0 Å². The quantitative estimate of drug-likeness (QED) is 0.458. The van der Waals surface area contributed by atoms with E-state index in [2.05, 4.69) is 0 Å². The zero-order valence-electron chi connectivity index (χ0n) is 11.4. The molecule has 0 rings (SSSR count). The van der Waals surface area contributed by atoms with Gasteiger partial charge in [0.05, 0.1) is 19.8 Å². The van der Waals surface area contributed by atoms with Gasteiger partial charge in [0.25, 0.3) is 0 Å². The second kappa shape index (κ2) is 11.1. The van der Waals surface area contributed by atoms with Crippen LogP contribution in [0.25, 0.3) is 0 Å². The number of esters is 2. The molecule has 0 radical (unpaired) electrons. The summed E-state index contributed by atoms with van der Waals surface area (Å²) in [5, 5.41) is 8.70. The van der Waals surface area contributed by atoms with E-state index in [0.717, 1.165) is 0 Å². The largest absolute Gasteiger partial charge is 0.616 e. The standard InChI is InChI=1S/C12H22O6S/c1-3-17-11(14)6-5-10(12(15)18-4-2)9-19(16)8-7-13/h10,13H,3-9H2,1-2H3. The van der Waals surface area contributed by atoms with E-state index < -0.39 is 23.1 Å². The molecular weight excluding hydrogens is 272 g/mol. The Hall–Kier alpha value is -0.790. The van der Waals surface area contributed by atoms with E-state index in [1.54, 1.807) is 13.8 Å². The Morgan fingerprint density at radius 2 is 1.89 bits per heavy atom. The lowest BCUT2D eigenvalue weighted by Crippen LogP contribution is -2.28. The monoisotopic (exact) mass is 294 g/mol. The van der Waals surface area contributed by atoms with Gasteiger partial charge in [-0.1, -0.05) is 11.2 Å². The van der Waals surface area contributed by atoms with Crippen LogP contribution in [0.15, 0.2) is 0 Å². The molecular formula is C12H22O6S. The molecule has 0 saturated carbocycles. The van der Waals surface area contributed by atoms with Gasteiger partial charge < -0.3 is 19.1 Å². The molecule has 0 bridgehead atoms. The number of ether oxygens (including phenoxy) is 2. The van der Waals surface area contributed by atoms with Crippen molar-refractivity contribution in [3.8, 4) is 0 Å². The Kier molecular flexibility index (Phi) is 10.6. The van der Waals surface area contributed by atoms with Crippen LogP contribution in [-0.2, 0) is 30.2 Å². The topological polar surface area (TPSA) is 95.9 Å². The fourth-order valence-electron chi connectivity index (χ4n) is 1.46. The minimum absolute atomic E-state index is 0.0909. The lowest BCUT2D eigenvalue weighted by molar-refractivity contribution is -0.148. The number of aliphatic hydroxyl groups is 1. The van der Waals surface area contributed by atoms with Gasteiger partial charge in [0.15, 0.2) is 0 Å².